The van der Waals surface area contributed by atoms with Crippen LogP contribution in [-0.4, -0.2) is 31.5 Å². The summed E-state index contributed by atoms with van der Waals surface area (Å²) in [5.74, 6) is 0.736. The van der Waals surface area contributed by atoms with Crippen LogP contribution in [0.4, 0.5) is 0 Å². The van der Waals surface area contributed by atoms with Crippen LogP contribution in [0.1, 0.15) is 12.5 Å². The van der Waals surface area contributed by atoms with E-state index in [4.69, 9.17) is 21.1 Å². The highest BCUT2D eigenvalue weighted by Gasteiger charge is 2.10. The van der Waals surface area contributed by atoms with Gasteiger partial charge < -0.3 is 14.6 Å². The minimum Gasteiger partial charge on any atom is -0.496 e. The molecule has 90 valence electrons. The highest BCUT2D eigenvalue weighted by molar-refractivity contribution is 6.30. The van der Waals surface area contributed by atoms with E-state index < -0.39 is 6.10 Å². The minimum atomic E-state index is -0.535. The molecule has 3 nitrogen and oxygen atoms in total. The number of benzene rings is 1. The Morgan fingerprint density at radius 3 is 2.81 bits per heavy atom. The van der Waals surface area contributed by atoms with E-state index in [1.807, 2.05) is 6.92 Å². The Bertz CT molecular complexity index is 328. The van der Waals surface area contributed by atoms with Crippen LogP contribution < -0.4 is 4.74 Å². The lowest BCUT2D eigenvalue weighted by molar-refractivity contribution is 0.0427. The van der Waals surface area contributed by atoms with Crippen LogP contribution in [-0.2, 0) is 11.2 Å². The van der Waals surface area contributed by atoms with Crippen molar-refractivity contribution in [2.45, 2.75) is 19.4 Å². The predicted molar refractivity (Wildman–Crippen MR) is 64.2 cm³/mol. The Balaban J connectivity index is 2.67. The molecule has 1 rings (SSSR count). The zero-order valence-electron chi connectivity index (χ0n) is 9.57. The molecule has 0 amide bonds. The van der Waals surface area contributed by atoms with Crippen molar-refractivity contribution in [1.82, 2.24) is 0 Å². The molecule has 0 heterocycles. The molecule has 1 unspecified atom stereocenters. The lowest BCUT2D eigenvalue weighted by atomic mass is 10.1. The number of aliphatic hydroxyl groups excluding tert-OH is 1. The highest BCUT2D eigenvalue weighted by Crippen LogP contribution is 2.23. The summed E-state index contributed by atoms with van der Waals surface area (Å²) in [6, 6.07) is 5.36. The second kappa shape index (κ2) is 6.74. The molecule has 0 aromatic heterocycles. The number of hydrogen-bond donors (Lipinski definition) is 1. The molecule has 16 heavy (non-hydrogen) atoms. The quantitative estimate of drug-likeness (QED) is 0.835. The third-order valence-electron chi connectivity index (χ3n) is 2.21. The zero-order chi connectivity index (χ0) is 12.0. The monoisotopic (exact) mass is 244 g/mol. The van der Waals surface area contributed by atoms with Crippen molar-refractivity contribution in [1.29, 1.82) is 0 Å². The van der Waals surface area contributed by atoms with Gasteiger partial charge in [0, 0.05) is 18.1 Å². The molecule has 0 radical (unpaired) electrons. The van der Waals surface area contributed by atoms with Crippen molar-refractivity contribution in [2.75, 3.05) is 20.3 Å². The van der Waals surface area contributed by atoms with Crippen molar-refractivity contribution >= 4 is 11.6 Å². The van der Waals surface area contributed by atoms with Gasteiger partial charge in [-0.3, -0.25) is 0 Å². The van der Waals surface area contributed by atoms with E-state index in [1.165, 1.54) is 0 Å². The Hall–Kier alpha value is -0.770. The summed E-state index contributed by atoms with van der Waals surface area (Å²) in [5, 5.41) is 10.4. The van der Waals surface area contributed by atoms with Gasteiger partial charge in [-0.25, -0.2) is 0 Å². The van der Waals surface area contributed by atoms with Crippen LogP contribution in [0.3, 0.4) is 0 Å². The van der Waals surface area contributed by atoms with E-state index >= 15 is 0 Å². The van der Waals surface area contributed by atoms with Gasteiger partial charge in [-0.2, -0.15) is 0 Å². The van der Waals surface area contributed by atoms with Crippen LogP contribution >= 0.6 is 11.6 Å². The van der Waals surface area contributed by atoms with Crippen LogP contribution in [0.15, 0.2) is 18.2 Å². The van der Waals surface area contributed by atoms with E-state index in [-0.39, 0.29) is 0 Å². The highest BCUT2D eigenvalue weighted by atomic mass is 35.5. The third kappa shape index (κ3) is 4.00. The zero-order valence-corrected chi connectivity index (χ0v) is 10.3. The van der Waals surface area contributed by atoms with Gasteiger partial charge in [-0.15, -0.1) is 0 Å². The summed E-state index contributed by atoms with van der Waals surface area (Å²) in [7, 11) is 1.60. The van der Waals surface area contributed by atoms with Crippen LogP contribution in [0.25, 0.3) is 0 Å². The molecule has 0 bridgehead atoms. The lowest BCUT2D eigenvalue weighted by Crippen LogP contribution is -2.18. The van der Waals surface area contributed by atoms with Crippen molar-refractivity contribution in [2.24, 2.45) is 0 Å². The molecule has 4 heteroatoms. The fraction of sp³-hybridized carbons (Fsp3) is 0.500. The van der Waals surface area contributed by atoms with Gasteiger partial charge in [-0.05, 0) is 30.7 Å². The number of halogens is 1. The average molecular weight is 245 g/mol. The lowest BCUT2D eigenvalue weighted by Gasteiger charge is -2.13. The van der Waals surface area contributed by atoms with Crippen LogP contribution in [0.2, 0.25) is 5.02 Å². The maximum atomic E-state index is 9.72. The molecule has 1 N–H and O–H groups in total. The Morgan fingerprint density at radius 1 is 1.44 bits per heavy atom. The van der Waals surface area contributed by atoms with Crippen molar-refractivity contribution in [3.05, 3.63) is 28.8 Å². The topological polar surface area (TPSA) is 38.7 Å². The summed E-state index contributed by atoms with van der Waals surface area (Å²) >= 11 is 5.89. The maximum absolute atomic E-state index is 9.72. The molecule has 0 fully saturated rings. The van der Waals surface area contributed by atoms with Gasteiger partial charge in [0.15, 0.2) is 0 Å². The second-order valence-corrected chi connectivity index (χ2v) is 3.91. The minimum absolute atomic E-state index is 0.326. The summed E-state index contributed by atoms with van der Waals surface area (Å²) in [6.07, 6.45) is -0.0590. The number of methoxy groups -OCH3 is 1. The molecule has 1 aromatic rings. The number of rotatable bonds is 6. The first-order valence-electron chi connectivity index (χ1n) is 5.25. The third-order valence-corrected chi connectivity index (χ3v) is 2.45. The van der Waals surface area contributed by atoms with Gasteiger partial charge >= 0.3 is 0 Å². The fourth-order valence-electron chi connectivity index (χ4n) is 1.47. The van der Waals surface area contributed by atoms with Gasteiger partial charge in [0.1, 0.15) is 5.75 Å². The molecule has 1 atom stereocenters. The Morgan fingerprint density at radius 2 is 2.19 bits per heavy atom. The molecule has 0 aliphatic carbocycles. The molecule has 0 saturated heterocycles. The van der Waals surface area contributed by atoms with Gasteiger partial charge in [0.25, 0.3) is 0 Å². The Labute approximate surface area is 101 Å². The number of ether oxygens (including phenoxy) is 2. The van der Waals surface area contributed by atoms with E-state index in [2.05, 4.69) is 0 Å². The number of aliphatic hydroxyl groups is 1. The van der Waals surface area contributed by atoms with Gasteiger partial charge in [0.2, 0.25) is 0 Å². The van der Waals surface area contributed by atoms with Crippen molar-refractivity contribution < 1.29 is 14.6 Å². The Kier molecular flexibility index (Phi) is 5.60. The molecule has 0 saturated carbocycles. The smallest absolute Gasteiger partial charge is 0.122 e. The largest absolute Gasteiger partial charge is 0.496 e. The molecule has 0 aliphatic heterocycles. The number of hydrogen-bond acceptors (Lipinski definition) is 3. The summed E-state index contributed by atoms with van der Waals surface area (Å²) in [6.45, 7) is 2.82. The SMILES string of the molecule is CCOCC(O)Cc1cc(Cl)ccc1OC. The van der Waals surface area contributed by atoms with E-state index in [0.29, 0.717) is 24.7 Å². The first kappa shape index (κ1) is 13.3. The van der Waals surface area contributed by atoms with E-state index in [0.717, 1.165) is 11.3 Å². The first-order chi connectivity index (χ1) is 7.67. The van der Waals surface area contributed by atoms with E-state index in [1.54, 1.807) is 25.3 Å². The predicted octanol–water partition coefficient (Wildman–Crippen LogP) is 2.29. The standard InChI is InChI=1S/C12H17ClO3/c1-3-16-8-11(14)7-9-6-10(13)4-5-12(9)15-2/h4-6,11,14H,3,7-8H2,1-2H3. The van der Waals surface area contributed by atoms with E-state index in [9.17, 15) is 5.11 Å². The van der Waals surface area contributed by atoms with Crippen molar-refractivity contribution in [3.63, 3.8) is 0 Å². The molecule has 0 spiro atoms. The fourth-order valence-corrected chi connectivity index (χ4v) is 1.67. The first-order valence-corrected chi connectivity index (χ1v) is 5.63. The normalized spacial score (nSPS) is 12.5. The van der Waals surface area contributed by atoms with Crippen LogP contribution in [0, 0.1) is 0 Å². The summed E-state index contributed by atoms with van der Waals surface area (Å²) in [4.78, 5) is 0. The molecule has 0 aliphatic rings. The maximum Gasteiger partial charge on any atom is 0.122 e. The van der Waals surface area contributed by atoms with Crippen molar-refractivity contribution in [3.8, 4) is 5.75 Å². The second-order valence-electron chi connectivity index (χ2n) is 3.47. The summed E-state index contributed by atoms with van der Waals surface area (Å²) < 4.78 is 10.3. The van der Waals surface area contributed by atoms with Gasteiger partial charge in [0.05, 0.1) is 19.8 Å². The van der Waals surface area contributed by atoms with Gasteiger partial charge in [-0.1, -0.05) is 11.6 Å². The average Bonchev–Trinajstić information content (AvgIpc) is 2.27. The molecule has 1 aromatic carbocycles. The molecular formula is C12H17ClO3. The molecular weight excluding hydrogens is 228 g/mol. The summed E-state index contributed by atoms with van der Waals surface area (Å²) in [5.41, 5.74) is 0.891. The van der Waals surface area contributed by atoms with Crippen LogP contribution in [0.5, 0.6) is 5.75 Å².